The Labute approximate surface area is 119 Å². The fraction of sp³-hybridized carbons (Fsp3) is 0.538. The van der Waals surface area contributed by atoms with E-state index in [1.165, 1.54) is 6.07 Å². The van der Waals surface area contributed by atoms with Crippen LogP contribution in [-0.4, -0.2) is 43.3 Å². The summed E-state index contributed by atoms with van der Waals surface area (Å²) in [6.45, 7) is 2.05. The Morgan fingerprint density at radius 2 is 1.85 bits per heavy atom. The summed E-state index contributed by atoms with van der Waals surface area (Å²) in [5.74, 6) is 0. The zero-order valence-corrected chi connectivity index (χ0v) is 11.6. The molecule has 0 amide bonds. The minimum absolute atomic E-state index is 0.0844. The molecule has 1 N–H and O–H groups in total. The van der Waals surface area contributed by atoms with Gasteiger partial charge in [0.15, 0.2) is 0 Å². The topological polar surface area (TPSA) is 15.3 Å². The van der Waals surface area contributed by atoms with Crippen molar-refractivity contribution >= 4 is 11.8 Å². The molecule has 1 aromatic carbocycles. The van der Waals surface area contributed by atoms with Crippen LogP contribution in [0.1, 0.15) is 11.6 Å². The van der Waals surface area contributed by atoms with Crippen molar-refractivity contribution in [2.75, 3.05) is 32.9 Å². The average molecular weight is 308 g/mol. The lowest BCUT2D eigenvalue weighted by Gasteiger charge is -2.34. The lowest BCUT2D eigenvalue weighted by molar-refractivity contribution is -0.0328. The molecule has 0 aromatic heterocycles. The van der Waals surface area contributed by atoms with Gasteiger partial charge in [0.1, 0.15) is 6.67 Å². The molecule has 0 aliphatic carbocycles. The van der Waals surface area contributed by atoms with Crippen molar-refractivity contribution < 1.29 is 17.6 Å². The van der Waals surface area contributed by atoms with Crippen molar-refractivity contribution in [3.05, 3.63) is 29.8 Å². The van der Waals surface area contributed by atoms with Gasteiger partial charge in [-0.2, -0.15) is 13.2 Å². The molecule has 1 fully saturated rings. The number of hydrogen-bond acceptors (Lipinski definition) is 3. The highest BCUT2D eigenvalue weighted by Crippen LogP contribution is 2.41. The summed E-state index contributed by atoms with van der Waals surface area (Å²) in [4.78, 5) is 1.98. The summed E-state index contributed by atoms with van der Waals surface area (Å²) in [7, 11) is 0. The van der Waals surface area contributed by atoms with Crippen molar-refractivity contribution in [2.24, 2.45) is 0 Å². The minimum atomic E-state index is -4.36. The number of benzene rings is 1. The number of hydrogen-bond donors (Lipinski definition) is 1. The van der Waals surface area contributed by atoms with E-state index in [1.807, 2.05) is 4.90 Å². The fourth-order valence-electron chi connectivity index (χ4n) is 2.34. The van der Waals surface area contributed by atoms with E-state index in [4.69, 9.17) is 0 Å². The Kier molecular flexibility index (Phi) is 5.29. The normalized spacial score (nSPS) is 19.0. The number of nitrogens with zero attached hydrogens (tertiary/aromatic N) is 1. The first-order valence-corrected chi connectivity index (χ1v) is 7.18. The SMILES string of the molecule is FC[C@H](c1ccccc1SC(F)(F)F)N1CCNCC1. The molecule has 2 rings (SSSR count). The molecular weight excluding hydrogens is 292 g/mol. The highest BCUT2D eigenvalue weighted by molar-refractivity contribution is 8.00. The standard InChI is InChI=1S/C13H16F4N2S/c14-9-11(19-7-5-18-6-8-19)10-3-1-2-4-12(10)20-13(15,16)17/h1-4,11,18H,5-9H2/t11-/m1/s1. The number of alkyl halides is 4. The summed E-state index contributed by atoms with van der Waals surface area (Å²) in [5.41, 5.74) is -3.94. The lowest BCUT2D eigenvalue weighted by atomic mass is 10.1. The Morgan fingerprint density at radius 1 is 1.20 bits per heavy atom. The number of piperazine rings is 1. The van der Waals surface area contributed by atoms with Crippen LogP contribution in [0.2, 0.25) is 0 Å². The van der Waals surface area contributed by atoms with E-state index in [0.717, 1.165) is 13.1 Å². The van der Waals surface area contributed by atoms with Gasteiger partial charge >= 0.3 is 5.51 Å². The molecule has 1 aliphatic rings. The molecular formula is C13H16F4N2S. The van der Waals surface area contributed by atoms with Crippen molar-refractivity contribution in [1.82, 2.24) is 10.2 Å². The lowest BCUT2D eigenvalue weighted by Crippen LogP contribution is -2.45. The van der Waals surface area contributed by atoms with E-state index in [0.29, 0.717) is 18.7 Å². The molecule has 112 valence electrons. The number of thioether (sulfide) groups is 1. The molecule has 0 spiro atoms. The summed E-state index contributed by atoms with van der Waals surface area (Å²) >= 11 is -0.174. The molecule has 7 heteroatoms. The van der Waals surface area contributed by atoms with E-state index in [1.54, 1.807) is 18.2 Å². The van der Waals surface area contributed by atoms with Crippen LogP contribution in [-0.2, 0) is 0 Å². The summed E-state index contributed by atoms with van der Waals surface area (Å²) in [6, 6.07) is 5.58. The molecule has 0 unspecified atom stereocenters. The highest BCUT2D eigenvalue weighted by atomic mass is 32.2. The maximum atomic E-state index is 13.4. The van der Waals surface area contributed by atoms with E-state index < -0.39 is 18.2 Å². The predicted molar refractivity (Wildman–Crippen MR) is 71.5 cm³/mol. The van der Waals surface area contributed by atoms with Crippen LogP contribution in [0.4, 0.5) is 17.6 Å². The van der Waals surface area contributed by atoms with Gasteiger partial charge in [0, 0.05) is 31.1 Å². The van der Waals surface area contributed by atoms with Gasteiger partial charge < -0.3 is 5.32 Å². The Bertz CT molecular complexity index is 433. The second-order valence-electron chi connectivity index (χ2n) is 4.54. The molecule has 20 heavy (non-hydrogen) atoms. The molecule has 1 aliphatic heterocycles. The molecule has 2 nitrogen and oxygen atoms in total. The Hall–Kier alpha value is -0.790. The largest absolute Gasteiger partial charge is 0.446 e. The van der Waals surface area contributed by atoms with Gasteiger partial charge in [0.05, 0.1) is 6.04 Å². The second kappa shape index (κ2) is 6.78. The number of rotatable bonds is 4. The van der Waals surface area contributed by atoms with Crippen molar-refractivity contribution in [1.29, 1.82) is 0 Å². The quantitative estimate of drug-likeness (QED) is 0.679. The molecule has 1 saturated heterocycles. The third-order valence-corrected chi connectivity index (χ3v) is 4.07. The maximum Gasteiger partial charge on any atom is 0.446 e. The van der Waals surface area contributed by atoms with Crippen LogP contribution >= 0.6 is 11.8 Å². The number of halogens is 4. The Morgan fingerprint density at radius 3 is 2.45 bits per heavy atom. The fourth-order valence-corrected chi connectivity index (χ4v) is 3.06. The van der Waals surface area contributed by atoms with Crippen LogP contribution < -0.4 is 5.32 Å². The third-order valence-electron chi connectivity index (χ3n) is 3.24. The van der Waals surface area contributed by atoms with Crippen molar-refractivity contribution in [3.8, 4) is 0 Å². The van der Waals surface area contributed by atoms with Crippen molar-refractivity contribution in [2.45, 2.75) is 16.4 Å². The van der Waals surface area contributed by atoms with Gasteiger partial charge in [0.25, 0.3) is 0 Å². The molecule has 0 radical (unpaired) electrons. The molecule has 1 aromatic rings. The average Bonchev–Trinajstić information content (AvgIpc) is 2.41. The van der Waals surface area contributed by atoms with Gasteiger partial charge in [-0.05, 0) is 23.4 Å². The van der Waals surface area contributed by atoms with Crippen LogP contribution in [0.15, 0.2) is 29.2 Å². The zero-order chi connectivity index (χ0) is 14.6. The molecule has 0 saturated carbocycles. The van der Waals surface area contributed by atoms with Gasteiger partial charge in [-0.1, -0.05) is 18.2 Å². The Balaban J connectivity index is 2.24. The maximum absolute atomic E-state index is 13.4. The molecule has 1 heterocycles. The van der Waals surface area contributed by atoms with Gasteiger partial charge in [0.2, 0.25) is 0 Å². The molecule has 0 bridgehead atoms. The molecule has 1 atom stereocenters. The summed E-state index contributed by atoms with van der Waals surface area (Å²) < 4.78 is 51.1. The van der Waals surface area contributed by atoms with E-state index in [2.05, 4.69) is 5.32 Å². The van der Waals surface area contributed by atoms with E-state index in [9.17, 15) is 17.6 Å². The van der Waals surface area contributed by atoms with Gasteiger partial charge in [-0.3, -0.25) is 4.90 Å². The zero-order valence-electron chi connectivity index (χ0n) is 10.8. The van der Waals surface area contributed by atoms with Crippen LogP contribution in [0, 0.1) is 0 Å². The van der Waals surface area contributed by atoms with Gasteiger partial charge in [-0.25, -0.2) is 4.39 Å². The summed E-state index contributed by atoms with van der Waals surface area (Å²) in [6.07, 6.45) is 0. The van der Waals surface area contributed by atoms with Crippen molar-refractivity contribution in [3.63, 3.8) is 0 Å². The monoisotopic (exact) mass is 308 g/mol. The van der Waals surface area contributed by atoms with Crippen LogP contribution in [0.5, 0.6) is 0 Å². The first kappa shape index (κ1) is 15.6. The first-order valence-electron chi connectivity index (χ1n) is 6.36. The third kappa shape index (κ3) is 4.10. The predicted octanol–water partition coefficient (Wildman–Crippen LogP) is 3.21. The smallest absolute Gasteiger partial charge is 0.314 e. The van der Waals surface area contributed by atoms with Gasteiger partial charge in [-0.15, -0.1) is 0 Å². The number of nitrogens with one attached hydrogen (secondary N) is 1. The second-order valence-corrected chi connectivity index (χ2v) is 5.65. The summed E-state index contributed by atoms with van der Waals surface area (Å²) in [5, 5.41) is 3.15. The minimum Gasteiger partial charge on any atom is -0.314 e. The highest BCUT2D eigenvalue weighted by Gasteiger charge is 2.32. The van der Waals surface area contributed by atoms with E-state index >= 15 is 0 Å². The first-order chi connectivity index (χ1) is 9.51. The van der Waals surface area contributed by atoms with Crippen LogP contribution in [0.3, 0.4) is 0 Å². The van der Waals surface area contributed by atoms with Crippen LogP contribution in [0.25, 0.3) is 0 Å². The van der Waals surface area contributed by atoms with E-state index in [-0.39, 0.29) is 16.7 Å².